The molecule has 0 bridgehead atoms. The molecule has 0 radical (unpaired) electrons. The molecule has 0 aliphatic rings. The molecule has 1 rings (SSSR count). The van der Waals surface area contributed by atoms with E-state index >= 15 is 0 Å². The van der Waals surface area contributed by atoms with E-state index in [1.165, 1.54) is 0 Å². The molecule has 14 heavy (non-hydrogen) atoms. The number of hydrogen-bond donors (Lipinski definition) is 1. The van der Waals surface area contributed by atoms with Crippen molar-refractivity contribution in [1.29, 1.82) is 0 Å². The maximum absolute atomic E-state index is 5.84. The summed E-state index contributed by atoms with van der Waals surface area (Å²) >= 11 is 0. The largest absolute Gasteiger partial charge is 0.328 e. The minimum absolute atomic E-state index is 0.333. The average Bonchev–Trinajstić information content (AvgIpc) is 2.45. The van der Waals surface area contributed by atoms with Gasteiger partial charge in [-0.25, -0.2) is 4.98 Å². The van der Waals surface area contributed by atoms with Crippen LogP contribution in [0.25, 0.3) is 0 Å². The number of hydrogen-bond acceptors (Lipinski definition) is 3. The highest BCUT2D eigenvalue weighted by Gasteiger charge is 2.03. The van der Waals surface area contributed by atoms with Crippen molar-refractivity contribution in [3.63, 3.8) is 0 Å². The number of aromatic nitrogens is 3. The molecule has 0 saturated heterocycles. The smallest absolute Gasteiger partial charge is 0.147 e. The van der Waals surface area contributed by atoms with Crippen LogP contribution < -0.4 is 5.73 Å². The first-order chi connectivity index (χ1) is 6.63. The standard InChI is InChI=1S/C10H20N4/c1-4-10(11)6-5-7-14-9(3)12-8(2)13-14/h10H,4-7,11H2,1-3H3. The second-order valence-corrected chi connectivity index (χ2v) is 3.74. The monoisotopic (exact) mass is 196 g/mol. The molecule has 0 aromatic carbocycles. The predicted octanol–water partition coefficient (Wildman–Crippen LogP) is 1.41. The highest BCUT2D eigenvalue weighted by molar-refractivity contribution is 4.87. The van der Waals surface area contributed by atoms with E-state index in [1.807, 2.05) is 18.5 Å². The summed E-state index contributed by atoms with van der Waals surface area (Å²) in [7, 11) is 0. The molecule has 0 spiro atoms. The van der Waals surface area contributed by atoms with Gasteiger partial charge in [-0.1, -0.05) is 6.92 Å². The Kier molecular flexibility index (Phi) is 4.07. The Balaban J connectivity index is 2.34. The summed E-state index contributed by atoms with van der Waals surface area (Å²) in [5, 5.41) is 4.30. The van der Waals surface area contributed by atoms with Gasteiger partial charge in [0.1, 0.15) is 11.6 Å². The molecule has 1 atom stereocenters. The molecule has 0 fully saturated rings. The van der Waals surface area contributed by atoms with E-state index in [0.29, 0.717) is 6.04 Å². The van der Waals surface area contributed by atoms with E-state index in [-0.39, 0.29) is 0 Å². The van der Waals surface area contributed by atoms with Crippen LogP contribution in [0.2, 0.25) is 0 Å². The molecule has 2 N–H and O–H groups in total. The zero-order valence-corrected chi connectivity index (χ0v) is 9.32. The van der Waals surface area contributed by atoms with Gasteiger partial charge in [-0.15, -0.1) is 0 Å². The van der Waals surface area contributed by atoms with Gasteiger partial charge in [-0.2, -0.15) is 5.10 Å². The summed E-state index contributed by atoms with van der Waals surface area (Å²) in [6.07, 6.45) is 3.20. The lowest BCUT2D eigenvalue weighted by Gasteiger charge is -2.08. The quantitative estimate of drug-likeness (QED) is 0.774. The Morgan fingerprint density at radius 2 is 2.14 bits per heavy atom. The fourth-order valence-electron chi connectivity index (χ4n) is 1.48. The van der Waals surface area contributed by atoms with Crippen molar-refractivity contribution >= 4 is 0 Å². The average molecular weight is 196 g/mol. The van der Waals surface area contributed by atoms with Crippen LogP contribution in [0.15, 0.2) is 0 Å². The van der Waals surface area contributed by atoms with E-state index in [4.69, 9.17) is 5.73 Å². The van der Waals surface area contributed by atoms with Crippen molar-refractivity contribution in [3.8, 4) is 0 Å². The number of aryl methyl sites for hydroxylation is 3. The van der Waals surface area contributed by atoms with Gasteiger partial charge in [0.25, 0.3) is 0 Å². The van der Waals surface area contributed by atoms with Crippen LogP contribution in [0.5, 0.6) is 0 Å². The van der Waals surface area contributed by atoms with Crippen molar-refractivity contribution in [1.82, 2.24) is 14.8 Å². The van der Waals surface area contributed by atoms with Gasteiger partial charge >= 0.3 is 0 Å². The summed E-state index contributed by atoms with van der Waals surface area (Å²) < 4.78 is 1.96. The number of nitrogens with two attached hydrogens (primary N) is 1. The van der Waals surface area contributed by atoms with Crippen molar-refractivity contribution in [2.45, 2.75) is 52.6 Å². The first kappa shape index (κ1) is 11.2. The van der Waals surface area contributed by atoms with Crippen molar-refractivity contribution in [2.75, 3.05) is 0 Å². The Morgan fingerprint density at radius 3 is 2.64 bits per heavy atom. The molecular formula is C10H20N4. The normalized spacial score (nSPS) is 13.1. The van der Waals surface area contributed by atoms with Crippen LogP contribution in [0.4, 0.5) is 0 Å². The van der Waals surface area contributed by atoms with Crippen LogP contribution in [0.3, 0.4) is 0 Å². The predicted molar refractivity (Wildman–Crippen MR) is 57.0 cm³/mol. The van der Waals surface area contributed by atoms with E-state index < -0.39 is 0 Å². The van der Waals surface area contributed by atoms with Crippen LogP contribution in [0.1, 0.15) is 37.8 Å². The third-order valence-electron chi connectivity index (χ3n) is 2.43. The van der Waals surface area contributed by atoms with Gasteiger partial charge in [-0.3, -0.25) is 4.68 Å². The third kappa shape index (κ3) is 3.10. The lowest BCUT2D eigenvalue weighted by atomic mass is 10.1. The van der Waals surface area contributed by atoms with Gasteiger partial charge in [0.2, 0.25) is 0 Å². The van der Waals surface area contributed by atoms with E-state index in [9.17, 15) is 0 Å². The Hall–Kier alpha value is -0.900. The number of rotatable bonds is 5. The van der Waals surface area contributed by atoms with Gasteiger partial charge < -0.3 is 5.73 Å². The fourth-order valence-corrected chi connectivity index (χ4v) is 1.48. The molecular weight excluding hydrogens is 176 g/mol. The van der Waals surface area contributed by atoms with Crippen LogP contribution in [-0.2, 0) is 6.54 Å². The topological polar surface area (TPSA) is 56.7 Å². The molecule has 4 nitrogen and oxygen atoms in total. The summed E-state index contributed by atoms with van der Waals surface area (Å²) in [6.45, 7) is 6.96. The van der Waals surface area contributed by atoms with Crippen LogP contribution in [0, 0.1) is 13.8 Å². The molecule has 0 amide bonds. The second-order valence-electron chi connectivity index (χ2n) is 3.74. The Labute approximate surface area is 85.5 Å². The molecule has 1 aromatic rings. The Bertz CT molecular complexity index is 280. The maximum Gasteiger partial charge on any atom is 0.147 e. The van der Waals surface area contributed by atoms with Gasteiger partial charge in [-0.05, 0) is 33.1 Å². The zero-order chi connectivity index (χ0) is 10.6. The molecule has 0 saturated carbocycles. The van der Waals surface area contributed by atoms with E-state index in [0.717, 1.165) is 37.5 Å². The lowest BCUT2D eigenvalue weighted by molar-refractivity contribution is 0.493. The SMILES string of the molecule is CCC(N)CCCn1nc(C)nc1C. The van der Waals surface area contributed by atoms with Gasteiger partial charge in [0, 0.05) is 12.6 Å². The first-order valence-electron chi connectivity index (χ1n) is 5.27. The van der Waals surface area contributed by atoms with E-state index in [2.05, 4.69) is 17.0 Å². The highest BCUT2D eigenvalue weighted by atomic mass is 15.3. The molecule has 4 heteroatoms. The lowest BCUT2D eigenvalue weighted by Crippen LogP contribution is -2.19. The highest BCUT2D eigenvalue weighted by Crippen LogP contribution is 2.03. The summed E-state index contributed by atoms with van der Waals surface area (Å²) in [6, 6.07) is 0.333. The molecule has 1 unspecified atom stereocenters. The van der Waals surface area contributed by atoms with Gasteiger partial charge in [0.15, 0.2) is 0 Å². The summed E-state index contributed by atoms with van der Waals surface area (Å²) in [5.74, 6) is 1.84. The second kappa shape index (κ2) is 5.10. The van der Waals surface area contributed by atoms with Crippen LogP contribution in [-0.4, -0.2) is 20.8 Å². The summed E-state index contributed by atoms with van der Waals surface area (Å²) in [4.78, 5) is 4.25. The molecule has 0 aliphatic heterocycles. The van der Waals surface area contributed by atoms with Crippen molar-refractivity contribution in [3.05, 3.63) is 11.6 Å². The molecule has 1 heterocycles. The zero-order valence-electron chi connectivity index (χ0n) is 9.32. The van der Waals surface area contributed by atoms with Gasteiger partial charge in [0.05, 0.1) is 0 Å². The third-order valence-corrected chi connectivity index (χ3v) is 2.43. The first-order valence-corrected chi connectivity index (χ1v) is 5.27. The summed E-state index contributed by atoms with van der Waals surface area (Å²) in [5.41, 5.74) is 5.84. The maximum atomic E-state index is 5.84. The van der Waals surface area contributed by atoms with Crippen molar-refractivity contribution in [2.24, 2.45) is 5.73 Å². The fraction of sp³-hybridized carbons (Fsp3) is 0.800. The van der Waals surface area contributed by atoms with Crippen molar-refractivity contribution < 1.29 is 0 Å². The molecule has 80 valence electrons. The molecule has 1 aromatic heterocycles. The minimum Gasteiger partial charge on any atom is -0.328 e. The van der Waals surface area contributed by atoms with E-state index in [1.54, 1.807) is 0 Å². The molecule has 0 aliphatic carbocycles. The van der Waals surface area contributed by atoms with Crippen LogP contribution >= 0.6 is 0 Å². The Morgan fingerprint density at radius 1 is 1.43 bits per heavy atom. The minimum atomic E-state index is 0.333. The number of nitrogens with zero attached hydrogens (tertiary/aromatic N) is 3.